The lowest BCUT2D eigenvalue weighted by Gasteiger charge is -2.31. The summed E-state index contributed by atoms with van der Waals surface area (Å²) in [5.41, 5.74) is 15.7. The van der Waals surface area contributed by atoms with Gasteiger partial charge in [-0.05, 0) is 126 Å². The standard InChI is InChI=1S/C51H50N2.C2H6/c1-6-9-30-46(8-3)53-33-21-27-43(42(22-7-2)34-38(4)47-31-19-20-32-50(47)52-45-28-17-12-18-29-45)35-39(5)48-36-44(40-23-13-10-14-24-40)37-49(51(48)53)41-25-15-11-16-26-41;1-2/h6-7,9-18,20-30,32,34-37,52H,4-5,8,19,31,33H2,1-3H3;1-2H3/b9-6-,22-7-,27-21-,42-34+,43-35+,46-30+;. The second-order valence-electron chi connectivity index (χ2n) is 13.3. The summed E-state index contributed by atoms with van der Waals surface area (Å²) in [5, 5.41) is 3.64. The molecule has 2 aliphatic rings. The maximum absolute atomic E-state index is 4.80. The molecule has 0 unspecified atom stereocenters. The molecular weight excluding hydrogens is 665 g/mol. The number of allylic oxidation sites excluding steroid dienone is 16. The first kappa shape index (κ1) is 40.1. The van der Waals surface area contributed by atoms with E-state index in [-0.39, 0.29) is 0 Å². The molecule has 2 nitrogen and oxygen atoms in total. The first-order chi connectivity index (χ1) is 27.0. The number of hydrogen-bond acceptors (Lipinski definition) is 2. The first-order valence-corrected chi connectivity index (χ1v) is 19.7. The number of nitrogens with one attached hydrogen (secondary N) is 1. The number of para-hydroxylation sites is 1. The van der Waals surface area contributed by atoms with Gasteiger partial charge in [0.05, 0.1) is 5.69 Å². The molecular formula is C53H56N2. The highest BCUT2D eigenvalue weighted by Crippen LogP contribution is 2.44. The summed E-state index contributed by atoms with van der Waals surface area (Å²) in [6.45, 7) is 20.5. The van der Waals surface area contributed by atoms with Crippen molar-refractivity contribution < 1.29 is 0 Å². The van der Waals surface area contributed by atoms with E-state index in [9.17, 15) is 0 Å². The highest BCUT2D eigenvalue weighted by molar-refractivity contribution is 5.96. The summed E-state index contributed by atoms with van der Waals surface area (Å²) in [4.78, 5) is 2.48. The number of hydrogen-bond donors (Lipinski definition) is 1. The average Bonchev–Trinajstić information content (AvgIpc) is 3.30. The van der Waals surface area contributed by atoms with Crippen LogP contribution in [0.5, 0.6) is 0 Å². The number of fused-ring (bicyclic) bond motifs is 1. The Hall–Kier alpha value is -6.12. The molecule has 0 atom stereocenters. The van der Waals surface area contributed by atoms with Gasteiger partial charge in [0.15, 0.2) is 0 Å². The minimum Gasteiger partial charge on any atom is -0.355 e. The predicted molar refractivity (Wildman–Crippen MR) is 243 cm³/mol. The summed E-state index contributed by atoms with van der Waals surface area (Å²) in [6.07, 6.45) is 27.0. The fraction of sp³-hybridized carbons (Fsp3) is 0.170. The van der Waals surface area contributed by atoms with Crippen LogP contribution in [0.25, 0.3) is 27.8 Å². The molecule has 0 saturated heterocycles. The van der Waals surface area contributed by atoms with Gasteiger partial charge in [0.2, 0.25) is 0 Å². The molecule has 0 radical (unpaired) electrons. The molecule has 1 aliphatic heterocycles. The molecule has 0 spiro atoms. The molecule has 4 aromatic carbocycles. The minimum absolute atomic E-state index is 0.699. The smallest absolute Gasteiger partial charge is 0.0570 e. The zero-order valence-electron chi connectivity index (χ0n) is 33.4. The molecule has 0 fully saturated rings. The minimum atomic E-state index is 0.699. The summed E-state index contributed by atoms with van der Waals surface area (Å²) in [5.74, 6) is 0. The topological polar surface area (TPSA) is 15.3 Å². The van der Waals surface area contributed by atoms with Crippen molar-refractivity contribution in [1.29, 1.82) is 0 Å². The van der Waals surface area contributed by atoms with Crippen LogP contribution in [0.1, 0.15) is 59.4 Å². The fourth-order valence-electron chi connectivity index (χ4n) is 7.02. The number of rotatable bonds is 11. The van der Waals surface area contributed by atoms with E-state index in [2.05, 4.69) is 201 Å². The van der Waals surface area contributed by atoms with Crippen LogP contribution in [-0.2, 0) is 0 Å². The highest BCUT2D eigenvalue weighted by atomic mass is 15.1. The van der Waals surface area contributed by atoms with Crippen LogP contribution in [0.15, 0.2) is 217 Å². The lowest BCUT2D eigenvalue weighted by Crippen LogP contribution is -2.24. The van der Waals surface area contributed by atoms with Gasteiger partial charge in [0.1, 0.15) is 0 Å². The van der Waals surface area contributed by atoms with Crippen molar-refractivity contribution in [3.63, 3.8) is 0 Å². The van der Waals surface area contributed by atoms with Crippen LogP contribution < -0.4 is 10.2 Å². The Bertz CT molecular complexity index is 2180. The van der Waals surface area contributed by atoms with Crippen molar-refractivity contribution in [3.05, 3.63) is 222 Å². The number of benzene rings is 4. The van der Waals surface area contributed by atoms with Crippen LogP contribution in [0, 0.1) is 0 Å². The molecule has 1 heterocycles. The Balaban J connectivity index is 0.00000285. The normalized spacial score (nSPS) is 16.4. The van der Waals surface area contributed by atoms with E-state index in [1.54, 1.807) is 0 Å². The van der Waals surface area contributed by atoms with Gasteiger partial charge < -0.3 is 10.2 Å². The van der Waals surface area contributed by atoms with Crippen LogP contribution in [0.4, 0.5) is 11.4 Å². The van der Waals surface area contributed by atoms with Gasteiger partial charge in [0, 0.05) is 34.8 Å². The lowest BCUT2D eigenvalue weighted by atomic mass is 9.89. The molecule has 0 bridgehead atoms. The molecule has 1 N–H and O–H groups in total. The number of nitrogens with zero attached hydrogens (tertiary/aromatic N) is 1. The Morgan fingerprint density at radius 1 is 0.782 bits per heavy atom. The summed E-state index contributed by atoms with van der Waals surface area (Å²) >= 11 is 0. The molecule has 278 valence electrons. The third kappa shape index (κ3) is 10.1. The van der Waals surface area contributed by atoms with Gasteiger partial charge in [0.25, 0.3) is 0 Å². The zero-order chi connectivity index (χ0) is 39.0. The Morgan fingerprint density at radius 2 is 1.44 bits per heavy atom. The van der Waals surface area contributed by atoms with Gasteiger partial charge in [-0.3, -0.25) is 0 Å². The molecule has 4 aromatic rings. The van der Waals surface area contributed by atoms with E-state index in [0.29, 0.717) is 6.54 Å². The second kappa shape index (κ2) is 20.4. The average molecular weight is 721 g/mol. The maximum Gasteiger partial charge on any atom is 0.0570 e. The van der Waals surface area contributed by atoms with Crippen LogP contribution in [-0.4, -0.2) is 6.54 Å². The van der Waals surface area contributed by atoms with E-state index in [4.69, 9.17) is 6.58 Å². The molecule has 6 rings (SSSR count). The Kier molecular flexibility index (Phi) is 14.8. The molecule has 1 aliphatic carbocycles. The molecule has 2 heteroatoms. The zero-order valence-corrected chi connectivity index (χ0v) is 33.4. The van der Waals surface area contributed by atoms with Crippen molar-refractivity contribution in [2.75, 3.05) is 16.8 Å². The first-order valence-electron chi connectivity index (χ1n) is 19.7. The Morgan fingerprint density at radius 3 is 2.09 bits per heavy atom. The SMILES string of the molecule is C=C(/C=C(\C=C/C)C1=C/C(=C)c2cc(-c3ccccc3)cc(-c3ccccc3)c2N(/C(=C/C=C\C)CC)C/C=C\1)C1=C(Nc2ccccc2)C=CCC1.CC. The van der Waals surface area contributed by atoms with Crippen molar-refractivity contribution in [1.82, 2.24) is 0 Å². The molecule has 0 aromatic heterocycles. The fourth-order valence-corrected chi connectivity index (χ4v) is 7.02. The largest absolute Gasteiger partial charge is 0.355 e. The summed E-state index contributed by atoms with van der Waals surface area (Å²) in [6, 6.07) is 36.4. The van der Waals surface area contributed by atoms with E-state index in [0.717, 1.165) is 69.8 Å². The van der Waals surface area contributed by atoms with E-state index < -0.39 is 0 Å². The molecule has 0 saturated carbocycles. The Labute approximate surface area is 331 Å². The highest BCUT2D eigenvalue weighted by Gasteiger charge is 2.23. The van der Waals surface area contributed by atoms with Gasteiger partial charge in [-0.15, -0.1) is 0 Å². The van der Waals surface area contributed by atoms with E-state index in [1.165, 1.54) is 28.0 Å². The maximum atomic E-state index is 4.80. The van der Waals surface area contributed by atoms with E-state index in [1.807, 2.05) is 19.9 Å². The summed E-state index contributed by atoms with van der Waals surface area (Å²) < 4.78 is 0. The predicted octanol–water partition coefficient (Wildman–Crippen LogP) is 15.0. The van der Waals surface area contributed by atoms with Crippen molar-refractivity contribution in [2.24, 2.45) is 0 Å². The third-order valence-corrected chi connectivity index (χ3v) is 9.64. The summed E-state index contributed by atoms with van der Waals surface area (Å²) in [7, 11) is 0. The van der Waals surface area contributed by atoms with Crippen LogP contribution in [0.3, 0.4) is 0 Å². The molecule has 0 amide bonds. The van der Waals surface area contributed by atoms with Crippen molar-refractivity contribution in [3.8, 4) is 22.3 Å². The number of anilines is 2. The van der Waals surface area contributed by atoms with Crippen LogP contribution in [0.2, 0.25) is 0 Å². The van der Waals surface area contributed by atoms with Gasteiger partial charge in [-0.1, -0.05) is 155 Å². The molecule has 55 heavy (non-hydrogen) atoms. The monoisotopic (exact) mass is 720 g/mol. The van der Waals surface area contributed by atoms with Gasteiger partial charge in [-0.25, -0.2) is 0 Å². The third-order valence-electron chi connectivity index (χ3n) is 9.64. The van der Waals surface area contributed by atoms with Crippen LogP contribution >= 0.6 is 0 Å². The van der Waals surface area contributed by atoms with Gasteiger partial charge >= 0.3 is 0 Å². The quantitative estimate of drug-likeness (QED) is 0.155. The van der Waals surface area contributed by atoms with Crippen molar-refractivity contribution in [2.45, 2.75) is 53.9 Å². The van der Waals surface area contributed by atoms with E-state index >= 15 is 0 Å². The van der Waals surface area contributed by atoms with Gasteiger partial charge in [-0.2, -0.15) is 0 Å². The lowest BCUT2D eigenvalue weighted by molar-refractivity contribution is 0.929. The van der Waals surface area contributed by atoms with Crippen molar-refractivity contribution >= 4 is 16.9 Å². The second-order valence-corrected chi connectivity index (χ2v) is 13.3.